The van der Waals surface area contributed by atoms with Gasteiger partial charge < -0.3 is 5.11 Å². The molecule has 0 radical (unpaired) electrons. The van der Waals surface area contributed by atoms with Gasteiger partial charge in [-0.15, -0.1) is 0 Å². The first-order valence-corrected chi connectivity index (χ1v) is 8.62. The molecule has 0 spiro atoms. The van der Waals surface area contributed by atoms with Crippen molar-refractivity contribution in [2.45, 2.75) is 31.1 Å². The summed E-state index contributed by atoms with van der Waals surface area (Å²) in [5.74, 6) is 0. The van der Waals surface area contributed by atoms with Crippen LogP contribution in [0.5, 0.6) is 0 Å². The molecule has 4 nitrogen and oxygen atoms in total. The Hall–Kier alpha value is -0.620. The van der Waals surface area contributed by atoms with Gasteiger partial charge in [-0.3, -0.25) is 0 Å². The lowest BCUT2D eigenvalue weighted by Gasteiger charge is -2.40. The lowest BCUT2D eigenvalue weighted by Crippen LogP contribution is -2.47. The monoisotopic (exact) mass is 317 g/mol. The van der Waals surface area contributed by atoms with E-state index in [4.69, 9.17) is 11.6 Å². The number of hydrogen-bond donors (Lipinski definition) is 1. The number of hydrogen-bond acceptors (Lipinski definition) is 3. The predicted octanol–water partition coefficient (Wildman–Crippen LogP) is 2.51. The van der Waals surface area contributed by atoms with Crippen LogP contribution >= 0.6 is 11.6 Å². The average molecular weight is 318 g/mol. The minimum Gasteiger partial charge on any atom is -0.396 e. The van der Waals surface area contributed by atoms with Crippen LogP contribution in [0.3, 0.4) is 0 Å². The minimum absolute atomic E-state index is 0.0119. The topological polar surface area (TPSA) is 57.6 Å². The van der Waals surface area contributed by atoms with Crippen LogP contribution in [0.25, 0.3) is 0 Å². The number of nitrogens with zero attached hydrogens (tertiary/aromatic N) is 1. The van der Waals surface area contributed by atoms with E-state index in [1.807, 2.05) is 6.92 Å². The number of halogens is 1. The Morgan fingerprint density at radius 3 is 2.70 bits per heavy atom. The zero-order valence-corrected chi connectivity index (χ0v) is 13.1. The van der Waals surface area contributed by atoms with E-state index in [1.165, 1.54) is 10.4 Å². The number of piperidine rings is 1. The van der Waals surface area contributed by atoms with Gasteiger partial charge in [0.2, 0.25) is 10.0 Å². The summed E-state index contributed by atoms with van der Waals surface area (Å²) in [6.45, 7) is 2.84. The summed E-state index contributed by atoms with van der Waals surface area (Å²) in [4.78, 5) is 0.145. The van der Waals surface area contributed by atoms with E-state index in [0.717, 1.165) is 19.3 Å². The van der Waals surface area contributed by atoms with Crippen LogP contribution in [0.2, 0.25) is 5.02 Å². The van der Waals surface area contributed by atoms with Gasteiger partial charge in [-0.2, -0.15) is 4.31 Å². The van der Waals surface area contributed by atoms with Crippen molar-refractivity contribution in [2.75, 3.05) is 19.7 Å². The number of benzene rings is 1. The minimum atomic E-state index is -3.59. The number of aliphatic hydroxyl groups is 1. The fraction of sp³-hybridized carbons (Fsp3) is 0.571. The third-order valence-electron chi connectivity index (χ3n) is 4.17. The third kappa shape index (κ3) is 2.86. The van der Waals surface area contributed by atoms with Crippen LogP contribution in [-0.4, -0.2) is 37.5 Å². The fourth-order valence-corrected chi connectivity index (χ4v) is 4.77. The molecule has 20 heavy (non-hydrogen) atoms. The molecule has 0 aliphatic carbocycles. The average Bonchev–Trinajstić information content (AvgIpc) is 2.47. The van der Waals surface area contributed by atoms with E-state index >= 15 is 0 Å². The summed E-state index contributed by atoms with van der Waals surface area (Å²) in [7, 11) is -3.59. The summed E-state index contributed by atoms with van der Waals surface area (Å²) >= 11 is 6.01. The molecular formula is C14H20ClNO3S. The number of rotatable bonds is 4. The second-order valence-corrected chi connectivity index (χ2v) is 7.70. The molecule has 112 valence electrons. The molecule has 0 unspecified atom stereocenters. The van der Waals surface area contributed by atoms with E-state index in [9.17, 15) is 13.5 Å². The molecule has 1 aliphatic rings. The zero-order chi connectivity index (χ0) is 14.8. The van der Waals surface area contributed by atoms with E-state index in [0.29, 0.717) is 13.1 Å². The van der Waals surface area contributed by atoms with Crippen LogP contribution in [0.4, 0.5) is 0 Å². The molecule has 1 saturated heterocycles. The molecule has 1 fully saturated rings. The molecule has 0 amide bonds. The van der Waals surface area contributed by atoms with Gasteiger partial charge in [-0.25, -0.2) is 8.42 Å². The highest BCUT2D eigenvalue weighted by molar-refractivity contribution is 7.89. The van der Waals surface area contributed by atoms with Gasteiger partial charge in [0.05, 0.1) is 5.02 Å². The van der Waals surface area contributed by atoms with Crippen molar-refractivity contribution in [3.63, 3.8) is 0 Å². The first kappa shape index (κ1) is 15.8. The van der Waals surface area contributed by atoms with Gasteiger partial charge in [0.15, 0.2) is 0 Å². The van der Waals surface area contributed by atoms with Gasteiger partial charge in [-0.05, 0) is 31.4 Å². The highest BCUT2D eigenvalue weighted by Gasteiger charge is 2.39. The van der Waals surface area contributed by atoms with Crippen LogP contribution in [0, 0.1) is 5.41 Å². The first-order chi connectivity index (χ1) is 9.45. The van der Waals surface area contributed by atoms with Gasteiger partial charge >= 0.3 is 0 Å². The van der Waals surface area contributed by atoms with Gasteiger partial charge in [-0.1, -0.05) is 30.7 Å². The standard InChI is InChI=1S/C14H20ClNO3S/c1-2-14(11-17)8-5-9-16(10-14)20(18,19)13-7-4-3-6-12(13)15/h3-4,6-7,17H,2,5,8-11H2,1H3/t14-/m0/s1. The summed E-state index contributed by atoms with van der Waals surface area (Å²) in [5, 5.41) is 9.84. The Kier molecular flexibility index (Phi) is 4.74. The lowest BCUT2D eigenvalue weighted by atomic mass is 9.79. The quantitative estimate of drug-likeness (QED) is 0.928. The Balaban J connectivity index is 2.33. The zero-order valence-electron chi connectivity index (χ0n) is 11.5. The molecule has 1 heterocycles. The predicted molar refractivity (Wildman–Crippen MR) is 79.3 cm³/mol. The Morgan fingerprint density at radius 2 is 2.10 bits per heavy atom. The van der Waals surface area contributed by atoms with Crippen molar-refractivity contribution >= 4 is 21.6 Å². The smallest absolute Gasteiger partial charge is 0.244 e. The first-order valence-electron chi connectivity index (χ1n) is 6.81. The number of sulfonamides is 1. The van der Waals surface area contributed by atoms with E-state index < -0.39 is 10.0 Å². The van der Waals surface area contributed by atoms with Crippen molar-refractivity contribution < 1.29 is 13.5 Å². The third-order valence-corrected chi connectivity index (χ3v) is 6.51. The summed E-state index contributed by atoms with van der Waals surface area (Å²) in [6.07, 6.45) is 2.38. The van der Waals surface area contributed by atoms with Crippen LogP contribution in [0.1, 0.15) is 26.2 Å². The molecular weight excluding hydrogens is 298 g/mol. The molecule has 0 aromatic heterocycles. The Labute approximate surface area is 125 Å². The molecule has 6 heteroatoms. The van der Waals surface area contributed by atoms with E-state index in [-0.39, 0.29) is 21.9 Å². The van der Waals surface area contributed by atoms with Crippen molar-refractivity contribution in [3.05, 3.63) is 29.3 Å². The largest absolute Gasteiger partial charge is 0.396 e. The van der Waals surface area contributed by atoms with Crippen LogP contribution in [0.15, 0.2) is 29.2 Å². The Morgan fingerprint density at radius 1 is 1.40 bits per heavy atom. The maximum absolute atomic E-state index is 12.7. The second-order valence-electron chi connectivity index (χ2n) is 5.38. The summed E-state index contributed by atoms with van der Waals surface area (Å²) in [5.41, 5.74) is -0.327. The molecule has 1 aromatic rings. The molecule has 2 rings (SSSR count). The molecule has 1 N–H and O–H groups in total. The summed E-state index contributed by atoms with van der Waals surface area (Å²) < 4.78 is 26.8. The van der Waals surface area contributed by atoms with Crippen LogP contribution < -0.4 is 0 Å². The Bertz CT molecular complexity index is 570. The van der Waals surface area contributed by atoms with Gasteiger partial charge in [0, 0.05) is 25.1 Å². The van der Waals surface area contributed by atoms with E-state index in [2.05, 4.69) is 0 Å². The molecule has 0 bridgehead atoms. The van der Waals surface area contributed by atoms with E-state index in [1.54, 1.807) is 18.2 Å². The van der Waals surface area contributed by atoms with Gasteiger partial charge in [0.1, 0.15) is 4.90 Å². The van der Waals surface area contributed by atoms with Crippen molar-refractivity contribution in [2.24, 2.45) is 5.41 Å². The molecule has 1 aliphatic heterocycles. The SMILES string of the molecule is CC[C@]1(CO)CCCN(S(=O)(=O)c2ccccc2Cl)C1. The fourth-order valence-electron chi connectivity index (χ4n) is 2.69. The van der Waals surface area contributed by atoms with Crippen molar-refractivity contribution in [3.8, 4) is 0 Å². The number of aliphatic hydroxyl groups excluding tert-OH is 1. The highest BCUT2D eigenvalue weighted by atomic mass is 35.5. The molecule has 0 saturated carbocycles. The normalized spacial score (nSPS) is 24.8. The van der Waals surface area contributed by atoms with Crippen molar-refractivity contribution in [1.29, 1.82) is 0 Å². The molecule has 1 aromatic carbocycles. The second kappa shape index (κ2) is 6.02. The highest BCUT2D eigenvalue weighted by Crippen LogP contribution is 2.36. The molecule has 1 atom stereocenters. The summed E-state index contributed by atoms with van der Waals surface area (Å²) in [6, 6.07) is 6.49. The lowest BCUT2D eigenvalue weighted by molar-refractivity contribution is 0.0609. The maximum Gasteiger partial charge on any atom is 0.244 e. The maximum atomic E-state index is 12.7. The van der Waals surface area contributed by atoms with Crippen molar-refractivity contribution in [1.82, 2.24) is 4.31 Å². The van der Waals surface area contributed by atoms with Gasteiger partial charge in [0.25, 0.3) is 0 Å². The van der Waals surface area contributed by atoms with Crippen LogP contribution in [-0.2, 0) is 10.0 Å².